The lowest BCUT2D eigenvalue weighted by Crippen LogP contribution is -3.13. The minimum absolute atomic E-state index is 0.107. The van der Waals surface area contributed by atoms with Gasteiger partial charge >= 0.3 is 0 Å². The molecule has 1 aliphatic heterocycles. The molecule has 30 heavy (non-hydrogen) atoms. The Bertz CT molecular complexity index is 1160. The van der Waals surface area contributed by atoms with Crippen LogP contribution in [0.2, 0.25) is 0 Å². The van der Waals surface area contributed by atoms with E-state index in [1.165, 1.54) is 40.4 Å². The number of benzene rings is 3. The van der Waals surface area contributed by atoms with E-state index in [2.05, 4.69) is 47.2 Å². The molecule has 3 aromatic carbocycles. The van der Waals surface area contributed by atoms with Crippen molar-refractivity contribution in [2.45, 2.75) is 11.4 Å². The number of carbonyl (C=O) groups excluding carboxylic acids is 1. The van der Waals surface area contributed by atoms with E-state index >= 15 is 0 Å². The zero-order valence-corrected chi connectivity index (χ0v) is 17.8. The zero-order chi connectivity index (χ0) is 21.1. The van der Waals surface area contributed by atoms with Gasteiger partial charge in [-0.2, -0.15) is 0 Å². The van der Waals surface area contributed by atoms with Gasteiger partial charge in [0.25, 0.3) is 5.91 Å². The molecule has 2 N–H and O–H groups in total. The third kappa shape index (κ3) is 4.23. The highest BCUT2D eigenvalue weighted by Crippen LogP contribution is 2.18. The number of nitrogens with one attached hydrogen (secondary N) is 2. The number of quaternary nitrogens is 1. The second-order valence-corrected chi connectivity index (χ2v) is 9.48. The van der Waals surface area contributed by atoms with Crippen LogP contribution in [0, 0.1) is 0 Å². The van der Waals surface area contributed by atoms with Gasteiger partial charge in [0.1, 0.15) is 6.54 Å². The van der Waals surface area contributed by atoms with Crippen molar-refractivity contribution >= 4 is 26.7 Å². The second kappa shape index (κ2) is 8.55. The Labute approximate surface area is 177 Å². The monoisotopic (exact) mass is 424 g/mol. The lowest BCUT2D eigenvalue weighted by atomic mass is 10.0. The van der Waals surface area contributed by atoms with Crippen molar-refractivity contribution in [3.8, 4) is 0 Å². The van der Waals surface area contributed by atoms with Crippen LogP contribution >= 0.6 is 0 Å². The molecule has 7 heteroatoms. The SMILES string of the molecule is CNS(=O)(=O)c1cccc(C(=O)N2CC[NH+](Cc3cccc4ccccc34)CC2)c1. The van der Waals surface area contributed by atoms with Gasteiger partial charge in [0.15, 0.2) is 0 Å². The molecule has 0 radical (unpaired) electrons. The van der Waals surface area contributed by atoms with Crippen molar-refractivity contribution < 1.29 is 18.1 Å². The minimum atomic E-state index is -3.57. The van der Waals surface area contributed by atoms with Gasteiger partial charge in [-0.3, -0.25) is 4.79 Å². The Morgan fingerprint density at radius 3 is 2.47 bits per heavy atom. The number of amides is 1. The molecule has 1 heterocycles. The van der Waals surface area contributed by atoms with Crippen LogP contribution in [-0.2, 0) is 16.6 Å². The molecule has 4 rings (SSSR count). The Kier molecular flexibility index (Phi) is 5.85. The Hall–Kier alpha value is -2.74. The van der Waals surface area contributed by atoms with E-state index in [1.54, 1.807) is 12.1 Å². The quantitative estimate of drug-likeness (QED) is 0.649. The first kappa shape index (κ1) is 20.5. The topological polar surface area (TPSA) is 70.9 Å². The molecular weight excluding hydrogens is 398 g/mol. The Morgan fingerprint density at radius 2 is 1.70 bits per heavy atom. The molecule has 1 amide bonds. The van der Waals surface area contributed by atoms with E-state index in [4.69, 9.17) is 0 Å². The fourth-order valence-electron chi connectivity index (χ4n) is 4.02. The van der Waals surface area contributed by atoms with Gasteiger partial charge in [-0.25, -0.2) is 13.1 Å². The zero-order valence-electron chi connectivity index (χ0n) is 17.0. The van der Waals surface area contributed by atoms with E-state index in [9.17, 15) is 13.2 Å². The molecule has 0 unspecified atom stereocenters. The molecule has 6 nitrogen and oxygen atoms in total. The summed E-state index contributed by atoms with van der Waals surface area (Å²) in [5.41, 5.74) is 1.73. The van der Waals surface area contributed by atoms with E-state index in [0.717, 1.165) is 19.6 Å². The van der Waals surface area contributed by atoms with Crippen LogP contribution in [0.25, 0.3) is 10.8 Å². The maximum atomic E-state index is 12.9. The van der Waals surface area contributed by atoms with Crippen LogP contribution in [0.5, 0.6) is 0 Å². The highest BCUT2D eigenvalue weighted by Gasteiger charge is 2.25. The maximum absolute atomic E-state index is 12.9. The fraction of sp³-hybridized carbons (Fsp3) is 0.261. The maximum Gasteiger partial charge on any atom is 0.254 e. The first-order valence-corrected chi connectivity index (χ1v) is 11.6. The summed E-state index contributed by atoms with van der Waals surface area (Å²) >= 11 is 0. The average Bonchev–Trinajstić information content (AvgIpc) is 2.79. The summed E-state index contributed by atoms with van der Waals surface area (Å²) in [6.45, 7) is 3.97. The molecule has 1 aliphatic rings. The van der Waals surface area contributed by atoms with E-state index < -0.39 is 10.0 Å². The highest BCUT2D eigenvalue weighted by molar-refractivity contribution is 7.89. The number of nitrogens with zero attached hydrogens (tertiary/aromatic N) is 1. The van der Waals surface area contributed by atoms with Crippen LogP contribution < -0.4 is 9.62 Å². The van der Waals surface area contributed by atoms with Gasteiger partial charge in [0, 0.05) is 11.1 Å². The number of piperazine rings is 1. The normalized spacial score (nSPS) is 15.4. The number of fused-ring (bicyclic) bond motifs is 1. The van der Waals surface area contributed by atoms with Crippen molar-refractivity contribution in [2.24, 2.45) is 0 Å². The van der Waals surface area contributed by atoms with Gasteiger partial charge < -0.3 is 9.80 Å². The Balaban J connectivity index is 1.42. The molecule has 156 valence electrons. The van der Waals surface area contributed by atoms with Gasteiger partial charge in [0.2, 0.25) is 10.0 Å². The summed E-state index contributed by atoms with van der Waals surface area (Å²) in [6, 6.07) is 21.1. The molecule has 0 aromatic heterocycles. The molecule has 3 aromatic rings. The first-order chi connectivity index (χ1) is 14.5. The van der Waals surface area contributed by atoms with Gasteiger partial charge in [-0.1, -0.05) is 48.5 Å². The lowest BCUT2D eigenvalue weighted by Gasteiger charge is -2.32. The predicted octanol–water partition coefficient (Wildman–Crippen LogP) is 1.29. The van der Waals surface area contributed by atoms with Gasteiger partial charge in [0.05, 0.1) is 31.1 Å². The molecule has 1 saturated heterocycles. The number of carbonyl (C=O) groups is 1. The number of rotatable bonds is 5. The highest BCUT2D eigenvalue weighted by atomic mass is 32.2. The summed E-state index contributed by atoms with van der Waals surface area (Å²) in [6.07, 6.45) is 0. The molecule has 0 bridgehead atoms. The van der Waals surface area contributed by atoms with Gasteiger partial charge in [-0.05, 0) is 36.0 Å². The van der Waals surface area contributed by atoms with Crippen LogP contribution in [-0.4, -0.2) is 52.5 Å². The van der Waals surface area contributed by atoms with E-state index in [1.807, 2.05) is 4.90 Å². The third-order valence-electron chi connectivity index (χ3n) is 5.74. The summed E-state index contributed by atoms with van der Waals surface area (Å²) < 4.78 is 26.3. The van der Waals surface area contributed by atoms with E-state index in [0.29, 0.717) is 18.7 Å². The van der Waals surface area contributed by atoms with Crippen molar-refractivity contribution in [1.82, 2.24) is 9.62 Å². The number of hydrogen-bond donors (Lipinski definition) is 2. The largest absolute Gasteiger partial charge is 0.328 e. The number of sulfonamides is 1. The van der Waals surface area contributed by atoms with Gasteiger partial charge in [-0.15, -0.1) is 0 Å². The molecule has 0 aliphatic carbocycles. The van der Waals surface area contributed by atoms with Crippen molar-refractivity contribution in [3.05, 3.63) is 77.9 Å². The smallest absolute Gasteiger partial charge is 0.254 e. The van der Waals surface area contributed by atoms with Crippen molar-refractivity contribution in [3.63, 3.8) is 0 Å². The predicted molar refractivity (Wildman–Crippen MR) is 117 cm³/mol. The first-order valence-electron chi connectivity index (χ1n) is 10.1. The van der Waals surface area contributed by atoms with Crippen LogP contribution in [0.4, 0.5) is 0 Å². The van der Waals surface area contributed by atoms with Crippen molar-refractivity contribution in [2.75, 3.05) is 33.2 Å². The molecule has 0 saturated carbocycles. The summed E-state index contributed by atoms with van der Waals surface area (Å²) in [4.78, 5) is 16.3. The summed E-state index contributed by atoms with van der Waals surface area (Å²) in [7, 11) is -2.21. The van der Waals surface area contributed by atoms with E-state index in [-0.39, 0.29) is 10.8 Å². The fourth-order valence-corrected chi connectivity index (χ4v) is 4.79. The standard InChI is InChI=1S/C23H25N3O3S/c1-24-30(28,29)21-10-5-8-19(16-21)23(27)26-14-12-25(13-15-26)17-20-9-4-7-18-6-2-3-11-22(18)20/h2-11,16,24H,12-15,17H2,1H3/p+1. The van der Waals surface area contributed by atoms with Crippen molar-refractivity contribution in [1.29, 1.82) is 0 Å². The lowest BCUT2D eigenvalue weighted by molar-refractivity contribution is -0.917. The second-order valence-electron chi connectivity index (χ2n) is 7.59. The number of hydrogen-bond acceptors (Lipinski definition) is 3. The molecule has 0 spiro atoms. The molecule has 0 atom stereocenters. The summed E-state index contributed by atoms with van der Waals surface area (Å²) in [5.74, 6) is -0.118. The third-order valence-corrected chi connectivity index (χ3v) is 7.15. The van der Waals surface area contributed by atoms with Crippen LogP contribution in [0.3, 0.4) is 0 Å². The molecular formula is C23H26N3O3S+. The van der Waals surface area contributed by atoms with Crippen LogP contribution in [0.1, 0.15) is 15.9 Å². The summed E-state index contributed by atoms with van der Waals surface area (Å²) in [5, 5.41) is 2.54. The molecule has 1 fully saturated rings. The minimum Gasteiger partial charge on any atom is -0.328 e. The van der Waals surface area contributed by atoms with Crippen LogP contribution in [0.15, 0.2) is 71.6 Å². The average molecular weight is 425 g/mol. The Morgan fingerprint density at radius 1 is 1.00 bits per heavy atom.